The van der Waals surface area contributed by atoms with Crippen LogP contribution in [0.5, 0.6) is 0 Å². The van der Waals surface area contributed by atoms with Crippen molar-refractivity contribution >= 4 is 23.0 Å². The van der Waals surface area contributed by atoms with Crippen molar-refractivity contribution in [2.45, 2.75) is 39.5 Å². The number of nitrogens with one attached hydrogen (secondary N) is 2. The summed E-state index contributed by atoms with van der Waals surface area (Å²) in [6.07, 6.45) is 3.51. The highest BCUT2D eigenvalue weighted by atomic mass is 19.1. The van der Waals surface area contributed by atoms with Gasteiger partial charge in [-0.1, -0.05) is 17.3 Å². The van der Waals surface area contributed by atoms with Gasteiger partial charge in [0.05, 0.1) is 12.2 Å². The predicted octanol–water partition coefficient (Wildman–Crippen LogP) is 5.47. The quantitative estimate of drug-likeness (QED) is 0.337. The lowest BCUT2D eigenvalue weighted by atomic mass is 10.0. The molecule has 8 nitrogen and oxygen atoms in total. The van der Waals surface area contributed by atoms with E-state index in [1.807, 2.05) is 57.2 Å². The van der Waals surface area contributed by atoms with E-state index in [0.29, 0.717) is 31.0 Å². The molecule has 0 bridgehead atoms. The monoisotopic (exact) mass is 515 g/mol. The smallest absolute Gasteiger partial charge is 0.290 e. The Morgan fingerprint density at radius 1 is 1.08 bits per heavy atom. The van der Waals surface area contributed by atoms with Gasteiger partial charge in [0.15, 0.2) is 0 Å². The van der Waals surface area contributed by atoms with Crippen molar-refractivity contribution in [1.82, 2.24) is 15.5 Å². The van der Waals surface area contributed by atoms with Gasteiger partial charge in [-0.3, -0.25) is 9.78 Å². The summed E-state index contributed by atoms with van der Waals surface area (Å²) >= 11 is 0. The van der Waals surface area contributed by atoms with Gasteiger partial charge in [0.1, 0.15) is 11.5 Å². The molecule has 2 aromatic carbocycles. The van der Waals surface area contributed by atoms with E-state index >= 15 is 0 Å². The second-order valence-electron chi connectivity index (χ2n) is 9.64. The van der Waals surface area contributed by atoms with Crippen LogP contribution < -0.4 is 15.5 Å². The normalized spacial score (nSPS) is 17.3. The third-order valence-electron chi connectivity index (χ3n) is 6.38. The standard InChI is InChI=1S/C29H30FN5O3/c1-18-6-7-23(33-24-9-22(30)10-25(11-24)35-16-19(2)37-20(3)17-35)12-26(18)27-13-28(38-34-27)29(36)32-15-21-5-4-8-31-14-21/h4-14,19-20,33H,15-17H2,1-3H3,(H,32,36). The third-order valence-corrected chi connectivity index (χ3v) is 6.38. The van der Waals surface area contributed by atoms with Gasteiger partial charge in [-0.15, -0.1) is 0 Å². The Kier molecular flexibility index (Phi) is 7.37. The summed E-state index contributed by atoms with van der Waals surface area (Å²) in [5, 5.41) is 10.2. The first-order chi connectivity index (χ1) is 18.3. The number of benzene rings is 2. The Morgan fingerprint density at radius 2 is 1.89 bits per heavy atom. The van der Waals surface area contributed by atoms with Gasteiger partial charge in [0.25, 0.3) is 5.91 Å². The summed E-state index contributed by atoms with van der Waals surface area (Å²) in [6, 6.07) is 16.0. The Bertz CT molecular complexity index is 1410. The molecular weight excluding hydrogens is 485 g/mol. The molecule has 5 rings (SSSR count). The largest absolute Gasteiger partial charge is 0.372 e. The molecule has 0 saturated carbocycles. The number of aryl methyl sites for hydroxylation is 1. The minimum Gasteiger partial charge on any atom is -0.372 e. The Labute approximate surface area is 220 Å². The zero-order chi connectivity index (χ0) is 26.6. The van der Waals surface area contributed by atoms with E-state index < -0.39 is 0 Å². The lowest BCUT2D eigenvalue weighted by Gasteiger charge is -2.37. The Hall–Kier alpha value is -4.24. The summed E-state index contributed by atoms with van der Waals surface area (Å²) in [5.41, 5.74) is 5.39. The molecule has 4 aromatic rings. The molecule has 2 N–H and O–H groups in total. The van der Waals surface area contributed by atoms with Crippen LogP contribution in [0.15, 0.2) is 71.5 Å². The second kappa shape index (κ2) is 11.0. The molecule has 1 amide bonds. The SMILES string of the molecule is Cc1ccc(Nc2cc(F)cc(N3CC(C)OC(C)C3)c2)cc1-c1cc(C(=O)NCc2cccnc2)on1. The van der Waals surface area contributed by atoms with Gasteiger partial charge in [0.2, 0.25) is 5.76 Å². The fraction of sp³-hybridized carbons (Fsp3) is 0.276. The van der Waals surface area contributed by atoms with Crippen molar-refractivity contribution in [3.8, 4) is 11.3 Å². The van der Waals surface area contributed by atoms with Crippen molar-refractivity contribution in [1.29, 1.82) is 0 Å². The number of morpholine rings is 1. The topological polar surface area (TPSA) is 92.5 Å². The number of carbonyl (C=O) groups is 1. The van der Waals surface area contributed by atoms with Crippen LogP contribution in [0.3, 0.4) is 0 Å². The third kappa shape index (κ3) is 6.00. The molecule has 0 spiro atoms. The molecule has 38 heavy (non-hydrogen) atoms. The lowest BCUT2D eigenvalue weighted by molar-refractivity contribution is -0.00523. The number of rotatable bonds is 7. The Morgan fingerprint density at radius 3 is 2.66 bits per heavy atom. The van der Waals surface area contributed by atoms with Crippen LogP contribution in [0.2, 0.25) is 0 Å². The maximum atomic E-state index is 14.6. The van der Waals surface area contributed by atoms with Crippen LogP contribution >= 0.6 is 0 Å². The molecule has 1 aliphatic heterocycles. The van der Waals surface area contributed by atoms with E-state index in [4.69, 9.17) is 9.26 Å². The van der Waals surface area contributed by atoms with Crippen molar-refractivity contribution < 1.29 is 18.4 Å². The number of anilines is 3. The minimum absolute atomic E-state index is 0.0721. The maximum absolute atomic E-state index is 14.6. The van der Waals surface area contributed by atoms with Crippen molar-refractivity contribution in [3.05, 3.63) is 89.7 Å². The highest BCUT2D eigenvalue weighted by Crippen LogP contribution is 2.30. The van der Waals surface area contributed by atoms with Gasteiger partial charge in [-0.25, -0.2) is 4.39 Å². The molecule has 0 radical (unpaired) electrons. The number of nitrogens with zero attached hydrogens (tertiary/aromatic N) is 3. The van der Waals surface area contributed by atoms with Crippen molar-refractivity contribution in [3.63, 3.8) is 0 Å². The van der Waals surface area contributed by atoms with E-state index in [1.165, 1.54) is 6.07 Å². The maximum Gasteiger partial charge on any atom is 0.290 e. The summed E-state index contributed by atoms with van der Waals surface area (Å²) in [7, 11) is 0. The molecule has 3 heterocycles. The van der Waals surface area contributed by atoms with Crippen molar-refractivity contribution in [2.24, 2.45) is 0 Å². The highest BCUT2D eigenvalue weighted by Gasteiger charge is 2.23. The molecule has 2 unspecified atom stereocenters. The van der Waals surface area contributed by atoms with E-state index in [0.717, 1.165) is 28.1 Å². The van der Waals surface area contributed by atoms with Crippen LogP contribution in [0.1, 0.15) is 35.5 Å². The molecule has 2 aromatic heterocycles. The van der Waals surface area contributed by atoms with Gasteiger partial charge in [0, 0.05) is 60.7 Å². The summed E-state index contributed by atoms with van der Waals surface area (Å²) in [6.45, 7) is 7.73. The number of ether oxygens (including phenoxy) is 1. The Balaban J connectivity index is 1.32. The molecule has 196 valence electrons. The highest BCUT2D eigenvalue weighted by molar-refractivity contribution is 5.92. The summed E-state index contributed by atoms with van der Waals surface area (Å²) in [5.74, 6) is -0.563. The number of pyridine rings is 1. The average Bonchev–Trinajstić information content (AvgIpc) is 3.38. The number of aromatic nitrogens is 2. The van der Waals surface area contributed by atoms with E-state index in [2.05, 4.69) is 25.7 Å². The molecule has 1 saturated heterocycles. The number of hydrogen-bond donors (Lipinski definition) is 2. The zero-order valence-corrected chi connectivity index (χ0v) is 21.6. The first kappa shape index (κ1) is 25.4. The minimum atomic E-state index is -0.362. The van der Waals surface area contributed by atoms with E-state index in [-0.39, 0.29) is 29.7 Å². The fourth-order valence-corrected chi connectivity index (χ4v) is 4.64. The first-order valence-electron chi connectivity index (χ1n) is 12.6. The van der Waals surface area contributed by atoms with Gasteiger partial charge in [-0.2, -0.15) is 0 Å². The first-order valence-corrected chi connectivity index (χ1v) is 12.6. The van der Waals surface area contributed by atoms with E-state index in [9.17, 15) is 9.18 Å². The molecular formula is C29H30FN5O3. The lowest BCUT2D eigenvalue weighted by Crippen LogP contribution is -2.45. The fourth-order valence-electron chi connectivity index (χ4n) is 4.64. The van der Waals surface area contributed by atoms with Gasteiger partial charge < -0.3 is 24.8 Å². The number of hydrogen-bond acceptors (Lipinski definition) is 7. The van der Waals surface area contributed by atoms with Crippen LogP contribution in [0.25, 0.3) is 11.3 Å². The van der Waals surface area contributed by atoms with E-state index in [1.54, 1.807) is 24.5 Å². The summed E-state index contributed by atoms with van der Waals surface area (Å²) < 4.78 is 25.7. The molecule has 1 aliphatic rings. The summed E-state index contributed by atoms with van der Waals surface area (Å²) in [4.78, 5) is 18.8. The molecule has 0 aliphatic carbocycles. The van der Waals surface area contributed by atoms with Crippen LogP contribution in [-0.2, 0) is 11.3 Å². The average molecular weight is 516 g/mol. The molecule has 2 atom stereocenters. The van der Waals surface area contributed by atoms with Crippen molar-refractivity contribution in [2.75, 3.05) is 23.3 Å². The van der Waals surface area contributed by atoms with Gasteiger partial charge in [-0.05, 0) is 68.3 Å². The zero-order valence-electron chi connectivity index (χ0n) is 21.6. The van der Waals surface area contributed by atoms with Gasteiger partial charge >= 0.3 is 0 Å². The predicted molar refractivity (Wildman–Crippen MR) is 144 cm³/mol. The molecule has 1 fully saturated rings. The number of carbonyl (C=O) groups excluding carboxylic acids is 1. The van der Waals surface area contributed by atoms with Crippen LogP contribution in [0.4, 0.5) is 21.5 Å². The number of amides is 1. The second-order valence-corrected chi connectivity index (χ2v) is 9.64. The van der Waals surface area contributed by atoms with Crippen LogP contribution in [-0.4, -0.2) is 41.3 Å². The number of halogens is 1. The molecule has 9 heteroatoms. The van der Waals surface area contributed by atoms with Crippen LogP contribution in [0, 0.1) is 12.7 Å².